The first-order valence-corrected chi connectivity index (χ1v) is 11.5. The number of carbonyl (C=O) groups is 1. The number of amides is 1. The molecule has 0 saturated carbocycles. The van der Waals surface area contributed by atoms with Crippen LogP contribution in [0.15, 0.2) is 24.3 Å². The van der Waals surface area contributed by atoms with Crippen molar-refractivity contribution in [3.05, 3.63) is 29.8 Å². The molecule has 8 heteroatoms. The molecule has 0 aliphatic carbocycles. The standard InChI is InChI=1S/C17H24N2O4S2/c1-25(21,22)19-8-5-15(6-9-19)23-16-4-2-3-13(11-16)17(20)18-14-7-10-24-12-14/h2-4,11,14-15H,5-10,12H2,1H3,(H,18,20)/t14-/m0/s1. The lowest BCUT2D eigenvalue weighted by atomic mass is 10.1. The monoisotopic (exact) mass is 384 g/mol. The average Bonchev–Trinajstić information content (AvgIpc) is 3.08. The summed E-state index contributed by atoms with van der Waals surface area (Å²) in [4.78, 5) is 12.3. The Balaban J connectivity index is 1.56. The van der Waals surface area contributed by atoms with Crippen LogP contribution in [0.5, 0.6) is 5.75 Å². The van der Waals surface area contributed by atoms with Crippen LogP contribution in [0, 0.1) is 0 Å². The van der Waals surface area contributed by atoms with Crippen LogP contribution in [0.4, 0.5) is 0 Å². The Hall–Kier alpha value is -1.25. The van der Waals surface area contributed by atoms with Crippen molar-refractivity contribution in [1.82, 2.24) is 9.62 Å². The molecule has 2 saturated heterocycles. The predicted molar refractivity (Wildman–Crippen MR) is 99.7 cm³/mol. The molecule has 0 aromatic heterocycles. The molecular formula is C17H24N2O4S2. The summed E-state index contributed by atoms with van der Waals surface area (Å²) in [5.74, 6) is 2.66. The molecule has 1 amide bonds. The SMILES string of the molecule is CS(=O)(=O)N1CCC(Oc2cccc(C(=O)N[C@H]3CCSC3)c2)CC1. The number of hydrogen-bond acceptors (Lipinski definition) is 5. The minimum Gasteiger partial charge on any atom is -0.490 e. The molecule has 138 valence electrons. The molecular weight excluding hydrogens is 360 g/mol. The summed E-state index contributed by atoms with van der Waals surface area (Å²) in [6.07, 6.45) is 3.54. The molecule has 2 aliphatic heterocycles. The normalized spacial score (nSPS) is 22.7. The Labute approximate surface area is 153 Å². The van der Waals surface area contributed by atoms with E-state index in [0.29, 0.717) is 37.2 Å². The van der Waals surface area contributed by atoms with Crippen molar-refractivity contribution in [3.8, 4) is 5.75 Å². The van der Waals surface area contributed by atoms with E-state index in [0.717, 1.165) is 17.9 Å². The van der Waals surface area contributed by atoms with Crippen molar-refractivity contribution < 1.29 is 17.9 Å². The van der Waals surface area contributed by atoms with Gasteiger partial charge in [0, 0.05) is 30.4 Å². The third-order valence-corrected chi connectivity index (χ3v) is 7.00. The fourth-order valence-corrected chi connectivity index (χ4v) is 5.13. The van der Waals surface area contributed by atoms with E-state index in [2.05, 4.69) is 5.32 Å². The van der Waals surface area contributed by atoms with Crippen LogP contribution in [-0.4, -0.2) is 61.6 Å². The smallest absolute Gasteiger partial charge is 0.251 e. The minimum atomic E-state index is -3.13. The molecule has 25 heavy (non-hydrogen) atoms. The largest absolute Gasteiger partial charge is 0.490 e. The van der Waals surface area contributed by atoms with Gasteiger partial charge >= 0.3 is 0 Å². The van der Waals surface area contributed by atoms with E-state index >= 15 is 0 Å². The number of benzene rings is 1. The summed E-state index contributed by atoms with van der Waals surface area (Å²) in [5.41, 5.74) is 0.600. The number of ether oxygens (including phenoxy) is 1. The fraction of sp³-hybridized carbons (Fsp3) is 0.588. The van der Waals surface area contributed by atoms with Gasteiger partial charge in [-0.2, -0.15) is 11.8 Å². The molecule has 2 heterocycles. The summed E-state index contributed by atoms with van der Waals surface area (Å²) in [5, 5.41) is 3.06. The van der Waals surface area contributed by atoms with Crippen molar-refractivity contribution >= 4 is 27.7 Å². The van der Waals surface area contributed by atoms with Crippen LogP contribution in [0.3, 0.4) is 0 Å². The summed E-state index contributed by atoms with van der Waals surface area (Å²) in [6.45, 7) is 0.950. The van der Waals surface area contributed by atoms with Gasteiger partial charge < -0.3 is 10.1 Å². The van der Waals surface area contributed by atoms with Gasteiger partial charge in [0.25, 0.3) is 5.91 Å². The molecule has 0 radical (unpaired) electrons. The van der Waals surface area contributed by atoms with Gasteiger partial charge in [-0.1, -0.05) is 6.07 Å². The summed E-state index contributed by atoms with van der Waals surface area (Å²) in [7, 11) is -3.13. The number of thioether (sulfide) groups is 1. The second-order valence-electron chi connectivity index (χ2n) is 6.54. The third kappa shape index (κ3) is 5.12. The Morgan fingerprint density at radius 2 is 2.04 bits per heavy atom. The fourth-order valence-electron chi connectivity index (χ4n) is 3.10. The number of piperidine rings is 1. The lowest BCUT2D eigenvalue weighted by Crippen LogP contribution is -2.41. The van der Waals surface area contributed by atoms with E-state index < -0.39 is 10.0 Å². The second kappa shape index (κ2) is 7.97. The summed E-state index contributed by atoms with van der Waals surface area (Å²) >= 11 is 1.86. The number of hydrogen-bond donors (Lipinski definition) is 1. The van der Waals surface area contributed by atoms with Crippen molar-refractivity contribution in [2.75, 3.05) is 30.9 Å². The molecule has 1 atom stereocenters. The van der Waals surface area contributed by atoms with Gasteiger partial charge in [0.2, 0.25) is 10.0 Å². The van der Waals surface area contributed by atoms with Gasteiger partial charge in [0.15, 0.2) is 0 Å². The molecule has 0 unspecified atom stereocenters. The minimum absolute atomic E-state index is 0.0254. The molecule has 0 spiro atoms. The van der Waals surface area contributed by atoms with E-state index in [1.165, 1.54) is 10.6 Å². The average molecular weight is 385 g/mol. The summed E-state index contributed by atoms with van der Waals surface area (Å²) in [6, 6.07) is 7.46. The molecule has 1 aromatic carbocycles. The summed E-state index contributed by atoms with van der Waals surface area (Å²) < 4.78 is 30.6. The first-order valence-electron chi connectivity index (χ1n) is 8.52. The van der Waals surface area contributed by atoms with Gasteiger partial charge in [0.1, 0.15) is 11.9 Å². The van der Waals surface area contributed by atoms with E-state index in [1.54, 1.807) is 12.1 Å². The maximum Gasteiger partial charge on any atom is 0.251 e. The van der Waals surface area contributed by atoms with E-state index in [4.69, 9.17) is 4.74 Å². The Morgan fingerprint density at radius 1 is 1.28 bits per heavy atom. The molecule has 2 fully saturated rings. The van der Waals surface area contributed by atoms with Crippen LogP contribution < -0.4 is 10.1 Å². The number of carbonyl (C=O) groups excluding carboxylic acids is 1. The van der Waals surface area contributed by atoms with Gasteiger partial charge in [0.05, 0.1) is 6.26 Å². The van der Waals surface area contributed by atoms with Crippen molar-refractivity contribution in [2.24, 2.45) is 0 Å². The Bertz CT molecular complexity index is 709. The molecule has 0 bridgehead atoms. The van der Waals surface area contributed by atoms with Crippen LogP contribution >= 0.6 is 11.8 Å². The third-order valence-electron chi connectivity index (χ3n) is 4.53. The zero-order valence-corrected chi connectivity index (χ0v) is 15.9. The second-order valence-corrected chi connectivity index (χ2v) is 9.67. The lowest BCUT2D eigenvalue weighted by molar-refractivity contribution is 0.0939. The highest BCUT2D eigenvalue weighted by molar-refractivity contribution is 7.99. The van der Waals surface area contributed by atoms with Crippen molar-refractivity contribution in [3.63, 3.8) is 0 Å². The van der Waals surface area contributed by atoms with Crippen molar-refractivity contribution in [2.45, 2.75) is 31.4 Å². The molecule has 1 aromatic rings. The Kier molecular flexibility index (Phi) is 5.91. The van der Waals surface area contributed by atoms with Crippen LogP contribution in [0.25, 0.3) is 0 Å². The van der Waals surface area contributed by atoms with Gasteiger partial charge in [-0.15, -0.1) is 0 Å². The van der Waals surface area contributed by atoms with Gasteiger partial charge in [-0.3, -0.25) is 4.79 Å². The highest BCUT2D eigenvalue weighted by atomic mass is 32.2. The van der Waals surface area contributed by atoms with Gasteiger partial charge in [-0.25, -0.2) is 12.7 Å². The first-order chi connectivity index (χ1) is 11.9. The van der Waals surface area contributed by atoms with E-state index in [9.17, 15) is 13.2 Å². The van der Waals surface area contributed by atoms with Gasteiger partial charge in [-0.05, 0) is 43.2 Å². The maximum absolute atomic E-state index is 12.3. The molecule has 2 aliphatic rings. The van der Waals surface area contributed by atoms with Crippen LogP contribution in [0.1, 0.15) is 29.6 Å². The number of sulfonamides is 1. The molecule has 1 N–H and O–H groups in total. The lowest BCUT2D eigenvalue weighted by Gasteiger charge is -2.30. The van der Waals surface area contributed by atoms with E-state index in [1.807, 2.05) is 23.9 Å². The zero-order valence-electron chi connectivity index (χ0n) is 14.3. The highest BCUT2D eigenvalue weighted by Gasteiger charge is 2.26. The number of rotatable bonds is 5. The topological polar surface area (TPSA) is 75.7 Å². The number of nitrogens with one attached hydrogen (secondary N) is 1. The maximum atomic E-state index is 12.3. The van der Waals surface area contributed by atoms with Crippen molar-refractivity contribution in [1.29, 1.82) is 0 Å². The highest BCUT2D eigenvalue weighted by Crippen LogP contribution is 2.22. The zero-order chi connectivity index (χ0) is 17.9. The predicted octanol–water partition coefficient (Wildman–Crippen LogP) is 1.72. The molecule has 3 rings (SSSR count). The van der Waals surface area contributed by atoms with E-state index in [-0.39, 0.29) is 18.1 Å². The quantitative estimate of drug-likeness (QED) is 0.837. The van der Waals surface area contributed by atoms with Crippen LogP contribution in [-0.2, 0) is 10.0 Å². The van der Waals surface area contributed by atoms with Crippen LogP contribution in [0.2, 0.25) is 0 Å². The Morgan fingerprint density at radius 3 is 2.68 bits per heavy atom. The molecule has 6 nitrogen and oxygen atoms in total. The number of nitrogens with zero attached hydrogens (tertiary/aromatic N) is 1. The first kappa shape index (κ1) is 18.5.